The molecule has 0 atom stereocenters. The molecule has 1 aromatic heterocycles. The highest BCUT2D eigenvalue weighted by molar-refractivity contribution is 5.77. The molecule has 3 N–H and O–H groups in total. The SMILES string of the molecule is CC(C)CNC(=O)CN(C)Cc1cccnc1N. The number of pyridine rings is 1. The van der Waals surface area contributed by atoms with Gasteiger partial charge in [-0.15, -0.1) is 0 Å². The molecule has 0 bridgehead atoms. The third kappa shape index (κ3) is 5.14. The van der Waals surface area contributed by atoms with Crippen molar-refractivity contribution in [3.63, 3.8) is 0 Å². The van der Waals surface area contributed by atoms with Gasteiger partial charge < -0.3 is 11.1 Å². The van der Waals surface area contributed by atoms with E-state index in [2.05, 4.69) is 24.1 Å². The average Bonchev–Trinajstić information content (AvgIpc) is 2.29. The van der Waals surface area contributed by atoms with E-state index in [9.17, 15) is 4.79 Å². The van der Waals surface area contributed by atoms with Crippen molar-refractivity contribution < 1.29 is 4.79 Å². The molecular weight excluding hydrogens is 228 g/mol. The lowest BCUT2D eigenvalue weighted by molar-refractivity contribution is -0.122. The average molecular weight is 250 g/mol. The molecule has 1 aromatic rings. The Kier molecular flexibility index (Phi) is 5.58. The van der Waals surface area contributed by atoms with Gasteiger partial charge in [-0.3, -0.25) is 9.69 Å². The van der Waals surface area contributed by atoms with Gasteiger partial charge in [0, 0.05) is 24.8 Å². The van der Waals surface area contributed by atoms with Gasteiger partial charge >= 0.3 is 0 Å². The van der Waals surface area contributed by atoms with Crippen LogP contribution < -0.4 is 11.1 Å². The first-order chi connectivity index (χ1) is 8.49. The smallest absolute Gasteiger partial charge is 0.234 e. The Hall–Kier alpha value is -1.62. The molecule has 0 aromatic carbocycles. The van der Waals surface area contributed by atoms with Gasteiger partial charge in [0.2, 0.25) is 5.91 Å². The summed E-state index contributed by atoms with van der Waals surface area (Å²) in [6, 6.07) is 3.77. The van der Waals surface area contributed by atoms with E-state index in [1.54, 1.807) is 6.20 Å². The van der Waals surface area contributed by atoms with Gasteiger partial charge in [-0.1, -0.05) is 19.9 Å². The molecule has 0 aliphatic rings. The minimum absolute atomic E-state index is 0.0358. The normalized spacial score (nSPS) is 10.9. The first-order valence-electron chi connectivity index (χ1n) is 6.13. The summed E-state index contributed by atoms with van der Waals surface area (Å²) in [4.78, 5) is 17.6. The van der Waals surface area contributed by atoms with Gasteiger partial charge in [-0.05, 0) is 19.0 Å². The number of hydrogen-bond donors (Lipinski definition) is 2. The number of hydrogen-bond acceptors (Lipinski definition) is 4. The van der Waals surface area contributed by atoms with Crippen LogP contribution in [0.1, 0.15) is 19.4 Å². The monoisotopic (exact) mass is 250 g/mol. The van der Waals surface area contributed by atoms with E-state index in [1.165, 1.54) is 0 Å². The Morgan fingerprint density at radius 3 is 2.89 bits per heavy atom. The zero-order valence-corrected chi connectivity index (χ0v) is 11.3. The van der Waals surface area contributed by atoms with Crippen LogP contribution in [-0.4, -0.2) is 35.9 Å². The van der Waals surface area contributed by atoms with Gasteiger partial charge in [-0.2, -0.15) is 0 Å². The second-order valence-electron chi connectivity index (χ2n) is 4.92. The Balaban J connectivity index is 2.40. The first kappa shape index (κ1) is 14.4. The van der Waals surface area contributed by atoms with Crippen LogP contribution in [0.4, 0.5) is 5.82 Å². The van der Waals surface area contributed by atoms with Crippen molar-refractivity contribution >= 4 is 11.7 Å². The molecule has 1 rings (SSSR count). The molecule has 0 saturated heterocycles. The summed E-state index contributed by atoms with van der Waals surface area (Å²) < 4.78 is 0. The zero-order valence-electron chi connectivity index (χ0n) is 11.3. The van der Waals surface area contributed by atoms with Crippen molar-refractivity contribution in [2.45, 2.75) is 20.4 Å². The van der Waals surface area contributed by atoms with Crippen molar-refractivity contribution in [2.24, 2.45) is 5.92 Å². The molecule has 0 unspecified atom stereocenters. The quantitative estimate of drug-likeness (QED) is 0.786. The number of aromatic nitrogens is 1. The lowest BCUT2D eigenvalue weighted by Gasteiger charge is -2.17. The summed E-state index contributed by atoms with van der Waals surface area (Å²) >= 11 is 0. The second-order valence-corrected chi connectivity index (χ2v) is 4.92. The number of nitrogens with zero attached hydrogens (tertiary/aromatic N) is 2. The number of nitrogen functional groups attached to an aromatic ring is 1. The molecule has 5 nitrogen and oxygen atoms in total. The van der Waals surface area contributed by atoms with Crippen LogP contribution in [0.3, 0.4) is 0 Å². The molecule has 0 aliphatic carbocycles. The van der Waals surface area contributed by atoms with Crippen LogP contribution in [0.2, 0.25) is 0 Å². The first-order valence-corrected chi connectivity index (χ1v) is 6.13. The van der Waals surface area contributed by atoms with Crippen LogP contribution in [-0.2, 0) is 11.3 Å². The fourth-order valence-electron chi connectivity index (χ4n) is 1.55. The van der Waals surface area contributed by atoms with Crippen molar-refractivity contribution in [3.05, 3.63) is 23.9 Å². The maximum atomic E-state index is 11.6. The van der Waals surface area contributed by atoms with Gasteiger partial charge in [0.25, 0.3) is 0 Å². The summed E-state index contributed by atoms with van der Waals surface area (Å²) in [5.41, 5.74) is 6.70. The summed E-state index contributed by atoms with van der Waals surface area (Å²) in [5.74, 6) is 1.02. The van der Waals surface area contributed by atoms with Crippen molar-refractivity contribution in [1.82, 2.24) is 15.2 Å². The van der Waals surface area contributed by atoms with E-state index >= 15 is 0 Å². The molecule has 5 heteroatoms. The van der Waals surface area contributed by atoms with Crippen LogP contribution in [0.25, 0.3) is 0 Å². The predicted octanol–water partition coefficient (Wildman–Crippen LogP) is 0.868. The number of likely N-dealkylation sites (N-methyl/N-ethyl adjacent to an activating group) is 1. The molecule has 1 heterocycles. The Bertz CT molecular complexity index is 392. The van der Waals surface area contributed by atoms with Crippen molar-refractivity contribution in [3.8, 4) is 0 Å². The van der Waals surface area contributed by atoms with E-state index in [1.807, 2.05) is 24.1 Å². The van der Waals surface area contributed by atoms with Crippen molar-refractivity contribution in [1.29, 1.82) is 0 Å². The fraction of sp³-hybridized carbons (Fsp3) is 0.538. The Morgan fingerprint density at radius 2 is 2.28 bits per heavy atom. The van der Waals surface area contributed by atoms with Gasteiger partial charge in [0.15, 0.2) is 0 Å². The number of nitrogens with one attached hydrogen (secondary N) is 1. The van der Waals surface area contributed by atoms with E-state index in [-0.39, 0.29) is 5.91 Å². The topological polar surface area (TPSA) is 71.2 Å². The third-order valence-corrected chi connectivity index (χ3v) is 2.49. The van der Waals surface area contributed by atoms with E-state index in [0.717, 1.165) is 5.56 Å². The lowest BCUT2D eigenvalue weighted by atomic mass is 10.2. The number of nitrogens with two attached hydrogens (primary N) is 1. The van der Waals surface area contributed by atoms with E-state index in [4.69, 9.17) is 5.73 Å². The maximum Gasteiger partial charge on any atom is 0.234 e. The molecule has 0 spiro atoms. The number of anilines is 1. The highest BCUT2D eigenvalue weighted by Gasteiger charge is 2.09. The van der Waals surface area contributed by atoms with Gasteiger partial charge in [0.1, 0.15) is 5.82 Å². The highest BCUT2D eigenvalue weighted by Crippen LogP contribution is 2.08. The molecule has 18 heavy (non-hydrogen) atoms. The van der Waals surface area contributed by atoms with Gasteiger partial charge in [-0.25, -0.2) is 4.98 Å². The minimum Gasteiger partial charge on any atom is -0.383 e. The van der Waals surface area contributed by atoms with Crippen LogP contribution in [0.15, 0.2) is 18.3 Å². The number of carbonyl (C=O) groups excluding carboxylic acids is 1. The Morgan fingerprint density at radius 1 is 1.56 bits per heavy atom. The Labute approximate surface area is 108 Å². The molecule has 0 saturated carbocycles. The summed E-state index contributed by atoms with van der Waals surface area (Å²) in [7, 11) is 1.89. The summed E-state index contributed by atoms with van der Waals surface area (Å²) in [6.07, 6.45) is 1.66. The number of amides is 1. The number of rotatable bonds is 6. The van der Waals surface area contributed by atoms with Crippen LogP contribution in [0.5, 0.6) is 0 Å². The standard InChI is InChI=1S/C13H22N4O/c1-10(2)7-16-12(18)9-17(3)8-11-5-4-6-15-13(11)14/h4-6,10H,7-9H2,1-3H3,(H2,14,15)(H,16,18). The molecule has 100 valence electrons. The van der Waals surface area contributed by atoms with Crippen molar-refractivity contribution in [2.75, 3.05) is 25.9 Å². The molecular formula is C13H22N4O. The van der Waals surface area contributed by atoms with Crippen LogP contribution >= 0.6 is 0 Å². The predicted molar refractivity (Wildman–Crippen MR) is 72.8 cm³/mol. The second kappa shape index (κ2) is 6.96. The highest BCUT2D eigenvalue weighted by atomic mass is 16.2. The van der Waals surface area contributed by atoms with E-state index < -0.39 is 0 Å². The molecule has 0 fully saturated rings. The van der Waals surface area contributed by atoms with Crippen LogP contribution in [0, 0.1) is 5.92 Å². The minimum atomic E-state index is 0.0358. The summed E-state index contributed by atoms with van der Waals surface area (Å²) in [5, 5.41) is 2.89. The maximum absolute atomic E-state index is 11.6. The zero-order chi connectivity index (χ0) is 13.5. The number of carbonyl (C=O) groups is 1. The van der Waals surface area contributed by atoms with E-state index in [0.29, 0.717) is 31.4 Å². The molecule has 0 radical (unpaired) electrons. The molecule has 0 aliphatic heterocycles. The largest absolute Gasteiger partial charge is 0.383 e. The summed E-state index contributed by atoms with van der Waals surface area (Å²) in [6.45, 7) is 5.83. The van der Waals surface area contributed by atoms with Gasteiger partial charge in [0.05, 0.1) is 6.54 Å². The third-order valence-electron chi connectivity index (χ3n) is 2.49. The lowest BCUT2D eigenvalue weighted by Crippen LogP contribution is -2.36. The fourth-order valence-corrected chi connectivity index (χ4v) is 1.55. The molecule has 1 amide bonds.